The lowest BCUT2D eigenvalue weighted by molar-refractivity contribution is -0.385. The molecular formula is C13H18N2O5S. The van der Waals surface area contributed by atoms with Gasteiger partial charge in [0.05, 0.1) is 15.4 Å². The van der Waals surface area contributed by atoms with Gasteiger partial charge in [0.2, 0.25) is 10.0 Å². The summed E-state index contributed by atoms with van der Waals surface area (Å²) >= 11 is 0. The van der Waals surface area contributed by atoms with Crippen LogP contribution in [0, 0.1) is 23.0 Å². The van der Waals surface area contributed by atoms with E-state index in [1.165, 1.54) is 12.1 Å². The van der Waals surface area contributed by atoms with Crippen molar-refractivity contribution in [2.45, 2.75) is 31.3 Å². The maximum atomic E-state index is 12.5. The number of nitro groups is 1. The zero-order valence-corrected chi connectivity index (χ0v) is 12.9. The van der Waals surface area contributed by atoms with Crippen LogP contribution in [0.25, 0.3) is 0 Å². The summed E-state index contributed by atoms with van der Waals surface area (Å²) in [5.41, 5.74) is -0.846. The SMILES string of the molecule is Cc1ccc([N+](=O)[O-])cc1S(=O)(=O)N1CC(O)(C(C)C)C1. The number of β-amino-alcohol motifs (C(OH)–C–C–N with tert-alkyl or cyclic N) is 1. The highest BCUT2D eigenvalue weighted by Gasteiger charge is 2.49. The third-order valence-electron chi connectivity index (χ3n) is 3.98. The second-order valence-corrected chi connectivity index (χ2v) is 7.64. The van der Waals surface area contributed by atoms with Crippen LogP contribution < -0.4 is 0 Å². The molecule has 0 spiro atoms. The van der Waals surface area contributed by atoms with E-state index < -0.39 is 20.5 Å². The molecule has 1 heterocycles. The molecule has 1 saturated heterocycles. The van der Waals surface area contributed by atoms with Crippen molar-refractivity contribution in [3.8, 4) is 0 Å². The summed E-state index contributed by atoms with van der Waals surface area (Å²) in [5, 5.41) is 21.0. The number of nitrogens with zero attached hydrogens (tertiary/aromatic N) is 2. The monoisotopic (exact) mass is 314 g/mol. The minimum absolute atomic E-state index is 0.00906. The Bertz CT molecular complexity index is 678. The number of sulfonamides is 1. The first-order valence-corrected chi connectivity index (χ1v) is 7.99. The molecule has 0 saturated carbocycles. The number of aryl methyl sites for hydroxylation is 1. The number of rotatable bonds is 4. The van der Waals surface area contributed by atoms with Crippen molar-refractivity contribution in [1.82, 2.24) is 4.31 Å². The molecule has 116 valence electrons. The van der Waals surface area contributed by atoms with Gasteiger partial charge in [0.1, 0.15) is 0 Å². The van der Waals surface area contributed by atoms with E-state index in [-0.39, 0.29) is 29.6 Å². The quantitative estimate of drug-likeness (QED) is 0.666. The van der Waals surface area contributed by atoms with Crippen LogP contribution in [0.4, 0.5) is 5.69 Å². The van der Waals surface area contributed by atoms with E-state index in [2.05, 4.69) is 0 Å². The van der Waals surface area contributed by atoms with Crippen LogP contribution in [-0.4, -0.2) is 41.4 Å². The summed E-state index contributed by atoms with van der Waals surface area (Å²) in [5.74, 6) is -0.0600. The van der Waals surface area contributed by atoms with E-state index in [4.69, 9.17) is 0 Å². The number of hydrogen-bond acceptors (Lipinski definition) is 5. The highest BCUT2D eigenvalue weighted by molar-refractivity contribution is 7.89. The van der Waals surface area contributed by atoms with Crippen LogP contribution in [0.2, 0.25) is 0 Å². The lowest BCUT2D eigenvalue weighted by Crippen LogP contribution is -2.65. The third kappa shape index (κ3) is 2.66. The molecule has 0 bridgehead atoms. The maximum Gasteiger partial charge on any atom is 0.270 e. The summed E-state index contributed by atoms with van der Waals surface area (Å²) in [6.07, 6.45) is 0. The van der Waals surface area contributed by atoms with Crippen LogP contribution in [0.1, 0.15) is 19.4 Å². The second-order valence-electron chi connectivity index (χ2n) is 5.74. The largest absolute Gasteiger partial charge is 0.387 e. The fourth-order valence-electron chi connectivity index (χ4n) is 2.22. The average molecular weight is 314 g/mol. The van der Waals surface area contributed by atoms with Crippen molar-refractivity contribution < 1.29 is 18.4 Å². The Morgan fingerprint density at radius 3 is 2.43 bits per heavy atom. The average Bonchev–Trinajstić information content (AvgIpc) is 2.34. The highest BCUT2D eigenvalue weighted by atomic mass is 32.2. The Morgan fingerprint density at radius 2 is 1.95 bits per heavy atom. The van der Waals surface area contributed by atoms with E-state index in [1.807, 2.05) is 13.8 Å². The Morgan fingerprint density at radius 1 is 1.38 bits per heavy atom. The highest BCUT2D eigenvalue weighted by Crippen LogP contribution is 2.34. The molecule has 0 aliphatic carbocycles. The number of benzene rings is 1. The van der Waals surface area contributed by atoms with Crippen LogP contribution in [0.15, 0.2) is 23.1 Å². The smallest absolute Gasteiger partial charge is 0.270 e. The van der Waals surface area contributed by atoms with E-state index in [0.29, 0.717) is 5.56 Å². The van der Waals surface area contributed by atoms with Crippen molar-refractivity contribution in [2.24, 2.45) is 5.92 Å². The molecule has 8 heteroatoms. The summed E-state index contributed by atoms with van der Waals surface area (Å²) in [6, 6.07) is 3.76. The standard InChI is InChI=1S/C13H18N2O5S/c1-9(2)13(16)7-14(8-13)21(19,20)12-6-11(15(17)18)5-4-10(12)3/h4-6,9,16H,7-8H2,1-3H3. The molecule has 1 aromatic rings. The molecule has 1 aliphatic rings. The van der Waals surface area contributed by atoms with Crippen molar-refractivity contribution >= 4 is 15.7 Å². The molecule has 1 N–H and O–H groups in total. The van der Waals surface area contributed by atoms with E-state index in [1.54, 1.807) is 6.92 Å². The number of non-ortho nitro benzene ring substituents is 1. The number of aliphatic hydroxyl groups is 1. The zero-order chi connectivity index (χ0) is 16.0. The predicted molar refractivity (Wildman–Crippen MR) is 76.4 cm³/mol. The van der Waals surface area contributed by atoms with Gasteiger partial charge in [-0.2, -0.15) is 4.31 Å². The molecule has 0 amide bonds. The van der Waals surface area contributed by atoms with Gasteiger partial charge in [-0.05, 0) is 18.4 Å². The van der Waals surface area contributed by atoms with Gasteiger partial charge in [-0.25, -0.2) is 8.42 Å². The summed E-state index contributed by atoms with van der Waals surface area (Å²) in [7, 11) is -3.82. The molecule has 2 rings (SSSR count). The summed E-state index contributed by atoms with van der Waals surface area (Å²) in [6.45, 7) is 5.25. The van der Waals surface area contributed by atoms with E-state index >= 15 is 0 Å². The molecule has 1 fully saturated rings. The van der Waals surface area contributed by atoms with E-state index in [0.717, 1.165) is 10.4 Å². The molecule has 1 aromatic carbocycles. The lowest BCUT2D eigenvalue weighted by atomic mass is 9.85. The first kappa shape index (κ1) is 15.9. The minimum atomic E-state index is -3.82. The predicted octanol–water partition coefficient (Wildman–Crippen LogP) is 1.29. The number of nitro benzene ring substituents is 1. The summed E-state index contributed by atoms with van der Waals surface area (Å²) in [4.78, 5) is 10.1. The van der Waals surface area contributed by atoms with Gasteiger partial charge in [0.25, 0.3) is 5.69 Å². The molecule has 7 nitrogen and oxygen atoms in total. The second kappa shape index (κ2) is 5.04. The van der Waals surface area contributed by atoms with E-state index in [9.17, 15) is 23.6 Å². The molecular weight excluding hydrogens is 296 g/mol. The molecule has 21 heavy (non-hydrogen) atoms. The van der Waals surface area contributed by atoms with Crippen LogP contribution >= 0.6 is 0 Å². The topological polar surface area (TPSA) is 101 Å². The fraction of sp³-hybridized carbons (Fsp3) is 0.538. The van der Waals surface area contributed by atoms with Gasteiger partial charge >= 0.3 is 0 Å². The van der Waals surface area contributed by atoms with Gasteiger partial charge in [-0.3, -0.25) is 10.1 Å². The lowest BCUT2D eigenvalue weighted by Gasteiger charge is -2.47. The normalized spacial score (nSPS) is 18.5. The summed E-state index contributed by atoms with van der Waals surface area (Å²) < 4.78 is 26.2. The molecule has 0 atom stereocenters. The van der Waals surface area contributed by atoms with Gasteiger partial charge < -0.3 is 5.11 Å². The van der Waals surface area contributed by atoms with Crippen LogP contribution in [0.3, 0.4) is 0 Å². The van der Waals surface area contributed by atoms with Crippen molar-refractivity contribution in [1.29, 1.82) is 0 Å². The first-order chi connectivity index (χ1) is 9.58. The van der Waals surface area contributed by atoms with Gasteiger partial charge in [-0.15, -0.1) is 0 Å². The zero-order valence-electron chi connectivity index (χ0n) is 12.1. The Hall–Kier alpha value is -1.51. The Labute approximate surface area is 123 Å². The Kier molecular flexibility index (Phi) is 3.81. The van der Waals surface area contributed by atoms with Crippen molar-refractivity contribution in [2.75, 3.05) is 13.1 Å². The van der Waals surface area contributed by atoms with Crippen LogP contribution in [-0.2, 0) is 10.0 Å². The molecule has 0 radical (unpaired) electrons. The molecule has 0 aromatic heterocycles. The third-order valence-corrected chi connectivity index (χ3v) is 5.91. The maximum absolute atomic E-state index is 12.5. The minimum Gasteiger partial charge on any atom is -0.387 e. The van der Waals surface area contributed by atoms with Crippen molar-refractivity contribution in [3.05, 3.63) is 33.9 Å². The molecule has 0 unspecified atom stereocenters. The van der Waals surface area contributed by atoms with Gasteiger partial charge in [0, 0.05) is 25.2 Å². The Balaban J connectivity index is 2.34. The van der Waals surface area contributed by atoms with Gasteiger partial charge in [0.15, 0.2) is 0 Å². The molecule has 1 aliphatic heterocycles. The fourth-order valence-corrected chi connectivity index (χ4v) is 4.03. The van der Waals surface area contributed by atoms with Gasteiger partial charge in [-0.1, -0.05) is 19.9 Å². The van der Waals surface area contributed by atoms with Crippen molar-refractivity contribution in [3.63, 3.8) is 0 Å². The first-order valence-electron chi connectivity index (χ1n) is 6.55. The number of hydrogen-bond donors (Lipinski definition) is 1. The van der Waals surface area contributed by atoms with Crippen LogP contribution in [0.5, 0.6) is 0 Å².